The number of tetrazole rings is 1. The van der Waals surface area contributed by atoms with Gasteiger partial charge in [-0.1, -0.05) is 81.4 Å². The summed E-state index contributed by atoms with van der Waals surface area (Å²) >= 11 is 0. The summed E-state index contributed by atoms with van der Waals surface area (Å²) in [6.07, 6.45) is 3.96. The van der Waals surface area contributed by atoms with Crippen molar-refractivity contribution in [3.63, 3.8) is 0 Å². The first-order valence-electron chi connectivity index (χ1n) is 13.8. The van der Waals surface area contributed by atoms with Crippen LogP contribution >= 0.6 is 0 Å². The Balaban J connectivity index is 1.52. The molecule has 0 bridgehead atoms. The van der Waals surface area contributed by atoms with Gasteiger partial charge < -0.3 is 4.57 Å². The third kappa shape index (κ3) is 5.58. The summed E-state index contributed by atoms with van der Waals surface area (Å²) in [5, 5.41) is 14.8. The molecule has 2 heterocycles. The predicted octanol–water partition coefficient (Wildman–Crippen LogP) is 6.94. The van der Waals surface area contributed by atoms with Gasteiger partial charge >= 0.3 is 0 Å². The number of benzene rings is 3. The quantitative estimate of drug-likeness (QED) is 0.191. The molecule has 1 N–H and O–H groups in total. The summed E-state index contributed by atoms with van der Waals surface area (Å²) in [6, 6.07) is 25.2. The first-order chi connectivity index (χ1) is 19.1. The number of imidazole rings is 1. The summed E-state index contributed by atoms with van der Waals surface area (Å²) in [6.45, 7) is 6.89. The van der Waals surface area contributed by atoms with Gasteiger partial charge in [0.25, 0.3) is 0 Å². The summed E-state index contributed by atoms with van der Waals surface area (Å²) in [7, 11) is 0. The zero-order valence-corrected chi connectivity index (χ0v) is 22.8. The van der Waals surface area contributed by atoms with Crippen LogP contribution in [0.4, 0.5) is 0 Å². The number of Topliss-reactive ketones (excluding diaryl/α,β-unsaturated/α-hetero) is 1. The fourth-order valence-electron chi connectivity index (χ4n) is 5.08. The molecule has 0 saturated heterocycles. The van der Waals surface area contributed by atoms with Crippen molar-refractivity contribution in [3.8, 4) is 33.6 Å². The van der Waals surface area contributed by atoms with E-state index in [0.29, 0.717) is 18.8 Å². The number of H-pyrrole nitrogens is 1. The van der Waals surface area contributed by atoms with Crippen molar-refractivity contribution in [3.05, 3.63) is 95.6 Å². The fourth-order valence-corrected chi connectivity index (χ4v) is 5.08. The van der Waals surface area contributed by atoms with Crippen molar-refractivity contribution >= 4 is 5.78 Å². The van der Waals surface area contributed by atoms with E-state index in [4.69, 9.17) is 4.98 Å². The smallest absolute Gasteiger partial charge is 0.205 e. The lowest BCUT2D eigenvalue weighted by Crippen LogP contribution is -2.14. The molecule has 0 spiro atoms. The van der Waals surface area contributed by atoms with Crippen LogP contribution in [0, 0.1) is 0 Å². The zero-order valence-electron chi connectivity index (χ0n) is 22.8. The van der Waals surface area contributed by atoms with Crippen molar-refractivity contribution in [1.29, 1.82) is 0 Å². The second-order valence-corrected chi connectivity index (χ2v) is 9.74. The number of nitrogens with zero attached hydrogens (tertiary/aromatic N) is 5. The third-order valence-corrected chi connectivity index (χ3v) is 6.99. The van der Waals surface area contributed by atoms with Crippen LogP contribution in [0.1, 0.15) is 67.6 Å². The molecule has 2 aromatic heterocycles. The SMILES string of the molecule is CCCC(=O)c1c(CC)nc(CCC)n1Cc1ccc(-c2cc(-c3ccccc3)ccc2-c2nn[nH]n2)cc1. The van der Waals surface area contributed by atoms with Crippen molar-refractivity contribution in [2.24, 2.45) is 0 Å². The van der Waals surface area contributed by atoms with Crippen molar-refractivity contribution in [2.75, 3.05) is 0 Å². The average molecular weight is 519 g/mol. The lowest BCUT2D eigenvalue weighted by atomic mass is 9.93. The summed E-state index contributed by atoms with van der Waals surface area (Å²) in [5.74, 6) is 1.73. The van der Waals surface area contributed by atoms with E-state index in [2.05, 4.69) is 93.6 Å². The van der Waals surface area contributed by atoms with Crippen LogP contribution in [0.25, 0.3) is 33.6 Å². The minimum atomic E-state index is 0.184. The molecule has 3 aromatic carbocycles. The molecule has 5 rings (SSSR count). The van der Waals surface area contributed by atoms with E-state index in [0.717, 1.165) is 76.3 Å². The van der Waals surface area contributed by atoms with E-state index in [1.165, 1.54) is 0 Å². The minimum absolute atomic E-state index is 0.184. The maximum atomic E-state index is 13.1. The fraction of sp³-hybridized carbons (Fsp3) is 0.281. The standard InChI is InChI=1S/C32H34N6O/c1-4-10-29(39)31-28(6-3)33-30(11-5-2)38(31)21-22-14-16-24(17-15-22)27-20-25(23-12-8-7-9-13-23)18-19-26(27)32-34-36-37-35-32/h7-9,12-20H,4-6,10-11,21H2,1-3H3,(H,34,35,36,37). The molecule has 0 aliphatic carbocycles. The zero-order chi connectivity index (χ0) is 27.2. The van der Waals surface area contributed by atoms with Gasteiger partial charge in [-0.15, -0.1) is 10.2 Å². The van der Waals surface area contributed by atoms with E-state index in [-0.39, 0.29) is 5.78 Å². The average Bonchev–Trinajstić information content (AvgIpc) is 3.63. The monoisotopic (exact) mass is 518 g/mol. The highest BCUT2D eigenvalue weighted by Crippen LogP contribution is 2.34. The largest absolute Gasteiger partial charge is 0.321 e. The number of carbonyl (C=O) groups excluding carboxylic acids is 1. The topological polar surface area (TPSA) is 89.4 Å². The number of aromatic nitrogens is 6. The molecule has 39 heavy (non-hydrogen) atoms. The van der Waals surface area contributed by atoms with E-state index in [9.17, 15) is 4.79 Å². The van der Waals surface area contributed by atoms with E-state index in [1.807, 2.05) is 25.1 Å². The van der Waals surface area contributed by atoms with E-state index in [1.54, 1.807) is 0 Å². The van der Waals surface area contributed by atoms with Gasteiger partial charge in [0.2, 0.25) is 5.82 Å². The third-order valence-electron chi connectivity index (χ3n) is 6.99. The van der Waals surface area contributed by atoms with Crippen LogP contribution in [-0.4, -0.2) is 36.0 Å². The molecule has 0 fully saturated rings. The van der Waals surface area contributed by atoms with Gasteiger partial charge in [-0.2, -0.15) is 5.21 Å². The lowest BCUT2D eigenvalue weighted by Gasteiger charge is -2.14. The van der Waals surface area contributed by atoms with Crippen molar-refractivity contribution in [2.45, 2.75) is 59.4 Å². The highest BCUT2D eigenvalue weighted by atomic mass is 16.1. The summed E-state index contributed by atoms with van der Waals surface area (Å²) < 4.78 is 2.15. The van der Waals surface area contributed by atoms with Gasteiger partial charge in [0, 0.05) is 24.9 Å². The molecule has 0 atom stereocenters. The van der Waals surface area contributed by atoms with Crippen molar-refractivity contribution < 1.29 is 4.79 Å². The molecule has 0 amide bonds. The molecule has 0 aliphatic heterocycles. The molecular weight excluding hydrogens is 484 g/mol. The van der Waals surface area contributed by atoms with E-state index < -0.39 is 0 Å². The second-order valence-electron chi connectivity index (χ2n) is 9.74. The Labute approximate surface area is 229 Å². The molecule has 198 valence electrons. The Morgan fingerprint density at radius 1 is 0.846 bits per heavy atom. The number of hydrogen-bond acceptors (Lipinski definition) is 5. The molecule has 0 saturated carbocycles. The molecule has 0 aliphatic rings. The van der Waals surface area contributed by atoms with Crippen LogP contribution < -0.4 is 0 Å². The molecule has 7 heteroatoms. The molecule has 0 unspecified atom stereocenters. The predicted molar refractivity (Wildman–Crippen MR) is 154 cm³/mol. The van der Waals surface area contributed by atoms with Gasteiger partial charge in [-0.05, 0) is 64.4 Å². The van der Waals surface area contributed by atoms with Gasteiger partial charge in [-0.3, -0.25) is 4.79 Å². The molecular formula is C32H34N6O. The van der Waals surface area contributed by atoms with Crippen LogP contribution in [0.3, 0.4) is 0 Å². The van der Waals surface area contributed by atoms with Crippen molar-refractivity contribution in [1.82, 2.24) is 30.2 Å². The molecule has 7 nitrogen and oxygen atoms in total. The highest BCUT2D eigenvalue weighted by molar-refractivity contribution is 5.95. The van der Waals surface area contributed by atoms with Gasteiger partial charge in [0.1, 0.15) is 11.5 Å². The number of carbonyl (C=O) groups is 1. The highest BCUT2D eigenvalue weighted by Gasteiger charge is 2.21. The maximum Gasteiger partial charge on any atom is 0.205 e. The number of aryl methyl sites for hydroxylation is 2. The summed E-state index contributed by atoms with van der Waals surface area (Å²) in [4.78, 5) is 18.0. The Hall–Kier alpha value is -4.39. The van der Waals surface area contributed by atoms with Crippen LogP contribution in [-0.2, 0) is 19.4 Å². The van der Waals surface area contributed by atoms with Crippen LogP contribution in [0.5, 0.6) is 0 Å². The number of rotatable bonds is 11. The Bertz CT molecular complexity index is 1540. The normalized spacial score (nSPS) is 11.2. The summed E-state index contributed by atoms with van der Waals surface area (Å²) in [5.41, 5.74) is 8.10. The Kier molecular flexibility index (Phi) is 8.06. The first kappa shape index (κ1) is 26.2. The van der Waals surface area contributed by atoms with Gasteiger partial charge in [0.15, 0.2) is 5.78 Å². The van der Waals surface area contributed by atoms with Gasteiger partial charge in [0.05, 0.1) is 5.69 Å². The number of ketones is 1. The van der Waals surface area contributed by atoms with Crippen LogP contribution in [0.15, 0.2) is 72.8 Å². The lowest BCUT2D eigenvalue weighted by molar-refractivity contribution is 0.0972. The molecule has 5 aromatic rings. The number of nitrogens with one attached hydrogen (secondary N) is 1. The Morgan fingerprint density at radius 2 is 1.62 bits per heavy atom. The minimum Gasteiger partial charge on any atom is -0.321 e. The Morgan fingerprint density at radius 3 is 2.28 bits per heavy atom. The van der Waals surface area contributed by atoms with Gasteiger partial charge in [-0.25, -0.2) is 4.98 Å². The second kappa shape index (κ2) is 12.0. The van der Waals surface area contributed by atoms with Crippen LogP contribution in [0.2, 0.25) is 0 Å². The molecule has 0 radical (unpaired) electrons. The first-order valence-corrected chi connectivity index (χ1v) is 13.8. The van der Waals surface area contributed by atoms with E-state index >= 15 is 0 Å². The number of hydrogen-bond donors (Lipinski definition) is 1. The number of aromatic amines is 1. The maximum absolute atomic E-state index is 13.1.